The molecule has 2 heterocycles. The Morgan fingerprint density at radius 3 is 1.61 bits per heavy atom. The molecule has 5 rings (SSSR count). The fourth-order valence-corrected chi connectivity index (χ4v) is 9.00. The van der Waals surface area contributed by atoms with Crippen LogP contribution in [0.25, 0.3) is 11.2 Å². The third-order valence-corrected chi connectivity index (χ3v) is 10.5. The fourth-order valence-electron chi connectivity index (χ4n) is 4.35. The van der Waals surface area contributed by atoms with Crippen molar-refractivity contribution in [2.24, 2.45) is 0 Å². The number of fused-ring (bicyclic) bond motifs is 1. The van der Waals surface area contributed by atoms with Gasteiger partial charge in [-0.3, -0.25) is 0 Å². The Labute approximate surface area is 189 Å². The molecule has 2 aromatic heterocycles. The van der Waals surface area contributed by atoms with Crippen LogP contribution in [-0.2, 0) is 0 Å². The number of aromatic amines is 1. The number of benzene rings is 3. The zero-order valence-corrected chi connectivity index (χ0v) is 18.8. The summed E-state index contributed by atoms with van der Waals surface area (Å²) in [6.45, 7) is 2.30. The highest BCUT2D eigenvalue weighted by Crippen LogP contribution is 2.66. The molecule has 1 atom stereocenters. The summed E-state index contributed by atoms with van der Waals surface area (Å²) in [7, 11) is -2.04. The van der Waals surface area contributed by atoms with Crippen LogP contribution in [0.3, 0.4) is 0 Å². The molecular formula is C26H23ClN3P. The van der Waals surface area contributed by atoms with Crippen molar-refractivity contribution >= 4 is 34.3 Å². The van der Waals surface area contributed by atoms with Crippen molar-refractivity contribution in [2.75, 3.05) is 0 Å². The van der Waals surface area contributed by atoms with Crippen LogP contribution in [0.4, 0.5) is 0 Å². The van der Waals surface area contributed by atoms with Crippen LogP contribution < -0.4 is 28.3 Å². The van der Waals surface area contributed by atoms with Gasteiger partial charge in [0.1, 0.15) is 40.2 Å². The summed E-state index contributed by atoms with van der Waals surface area (Å²) in [5.74, 6) is 0.980. The van der Waals surface area contributed by atoms with Crippen molar-refractivity contribution in [2.45, 2.75) is 12.6 Å². The van der Waals surface area contributed by atoms with Gasteiger partial charge in [0, 0.05) is 6.20 Å². The molecule has 0 radical (unpaired) electrons. The van der Waals surface area contributed by atoms with Gasteiger partial charge in [0.15, 0.2) is 5.65 Å². The van der Waals surface area contributed by atoms with Crippen LogP contribution in [0.5, 0.6) is 0 Å². The van der Waals surface area contributed by atoms with E-state index >= 15 is 0 Å². The first-order valence-corrected chi connectivity index (χ1v) is 12.0. The second kappa shape index (κ2) is 9.01. The molecule has 0 spiro atoms. The highest BCUT2D eigenvalue weighted by atomic mass is 35.5. The van der Waals surface area contributed by atoms with Gasteiger partial charge >= 0.3 is 0 Å². The number of nitrogens with zero attached hydrogens (tertiary/aromatic N) is 2. The Morgan fingerprint density at radius 2 is 1.16 bits per heavy atom. The summed E-state index contributed by atoms with van der Waals surface area (Å²) in [4.78, 5) is 13.0. The summed E-state index contributed by atoms with van der Waals surface area (Å²) in [6, 6.07) is 36.7. The van der Waals surface area contributed by atoms with Crippen LogP contribution in [0.1, 0.15) is 18.4 Å². The molecule has 0 saturated carbocycles. The first kappa shape index (κ1) is 21.2. The number of rotatable bonds is 5. The van der Waals surface area contributed by atoms with Gasteiger partial charge < -0.3 is 17.4 Å². The van der Waals surface area contributed by atoms with E-state index in [2.05, 4.69) is 108 Å². The maximum atomic E-state index is 4.96. The van der Waals surface area contributed by atoms with Gasteiger partial charge in [0.2, 0.25) is 0 Å². The van der Waals surface area contributed by atoms with Crippen molar-refractivity contribution in [1.82, 2.24) is 15.0 Å². The van der Waals surface area contributed by atoms with Gasteiger partial charge in [0.25, 0.3) is 0 Å². The minimum Gasteiger partial charge on any atom is -1.00 e. The molecule has 3 aromatic carbocycles. The van der Waals surface area contributed by atoms with E-state index in [9.17, 15) is 0 Å². The van der Waals surface area contributed by atoms with E-state index in [0.29, 0.717) is 0 Å². The number of H-pyrrole nitrogens is 1. The predicted molar refractivity (Wildman–Crippen MR) is 127 cm³/mol. The lowest BCUT2D eigenvalue weighted by atomic mass is 10.3. The highest BCUT2D eigenvalue weighted by Gasteiger charge is 2.52. The molecular weight excluding hydrogens is 421 g/mol. The van der Waals surface area contributed by atoms with Crippen LogP contribution >= 0.6 is 7.26 Å². The van der Waals surface area contributed by atoms with Crippen LogP contribution in [0.2, 0.25) is 0 Å². The molecule has 0 aliphatic rings. The van der Waals surface area contributed by atoms with Crippen LogP contribution in [-0.4, -0.2) is 15.0 Å². The van der Waals surface area contributed by atoms with E-state index in [1.165, 1.54) is 15.9 Å². The Balaban J connectivity index is 0.00000231. The lowest BCUT2D eigenvalue weighted by Crippen LogP contribution is -3.00. The average Bonchev–Trinajstić information content (AvgIpc) is 3.26. The van der Waals surface area contributed by atoms with Crippen LogP contribution in [0.15, 0.2) is 109 Å². The van der Waals surface area contributed by atoms with Gasteiger partial charge in [0.05, 0.1) is 0 Å². The number of imidazole rings is 1. The second-order valence-corrected chi connectivity index (χ2v) is 11.2. The van der Waals surface area contributed by atoms with E-state index in [0.717, 1.165) is 17.0 Å². The topological polar surface area (TPSA) is 41.6 Å². The molecule has 3 nitrogen and oxygen atoms in total. The Kier molecular flexibility index (Phi) is 6.18. The summed E-state index contributed by atoms with van der Waals surface area (Å²) in [5, 5.41) is 4.05. The van der Waals surface area contributed by atoms with Crippen molar-refractivity contribution in [3.05, 3.63) is 115 Å². The third kappa shape index (κ3) is 3.65. The first-order chi connectivity index (χ1) is 14.8. The fraction of sp³-hybridized carbons (Fsp3) is 0.0769. The molecule has 0 aliphatic carbocycles. The number of nitrogens with one attached hydrogen (secondary N) is 1. The van der Waals surface area contributed by atoms with Gasteiger partial charge in [-0.2, -0.15) is 0 Å². The Bertz CT molecular complexity index is 1130. The average molecular weight is 444 g/mol. The van der Waals surface area contributed by atoms with E-state index in [4.69, 9.17) is 4.98 Å². The first-order valence-electron chi connectivity index (χ1n) is 10.2. The predicted octanol–water partition coefficient (Wildman–Crippen LogP) is 2.02. The number of aromatic nitrogens is 3. The molecule has 0 amide bonds. The smallest absolute Gasteiger partial charge is 0.157 e. The molecule has 1 N–H and O–H groups in total. The van der Waals surface area contributed by atoms with E-state index < -0.39 is 7.26 Å². The summed E-state index contributed by atoms with van der Waals surface area (Å²) < 4.78 is 0. The van der Waals surface area contributed by atoms with Crippen molar-refractivity contribution in [1.29, 1.82) is 0 Å². The lowest BCUT2D eigenvalue weighted by Gasteiger charge is -2.32. The molecule has 1 unspecified atom stereocenters. The van der Waals surface area contributed by atoms with Crippen molar-refractivity contribution in [3.63, 3.8) is 0 Å². The molecule has 5 heteroatoms. The van der Waals surface area contributed by atoms with E-state index in [1.54, 1.807) is 0 Å². The van der Waals surface area contributed by atoms with E-state index in [-0.39, 0.29) is 18.1 Å². The number of hydrogen-bond acceptors (Lipinski definition) is 2. The largest absolute Gasteiger partial charge is 1.00 e. The summed E-state index contributed by atoms with van der Waals surface area (Å²) in [6.07, 6.45) is 1.81. The quantitative estimate of drug-likeness (QED) is 0.422. The lowest BCUT2D eigenvalue weighted by molar-refractivity contribution is -0.00000606. The monoisotopic (exact) mass is 443 g/mol. The zero-order valence-electron chi connectivity index (χ0n) is 17.2. The van der Waals surface area contributed by atoms with Gasteiger partial charge in [-0.15, -0.1) is 0 Å². The van der Waals surface area contributed by atoms with E-state index in [1.807, 2.05) is 18.3 Å². The second-order valence-electron chi connectivity index (χ2n) is 7.40. The number of pyridine rings is 1. The maximum absolute atomic E-state index is 4.96. The van der Waals surface area contributed by atoms with Gasteiger partial charge in [-0.1, -0.05) is 54.6 Å². The van der Waals surface area contributed by atoms with Gasteiger partial charge in [-0.25, -0.2) is 9.97 Å². The number of hydrogen-bond donors (Lipinski definition) is 1. The molecule has 154 valence electrons. The molecule has 0 fully saturated rings. The SMILES string of the molecule is CC(c1nc2cccnc2[nH]1)[P+](c1ccccc1)(c1ccccc1)c1ccccc1.[Cl-]. The van der Waals surface area contributed by atoms with Gasteiger partial charge in [-0.05, 0) is 55.5 Å². The molecule has 31 heavy (non-hydrogen) atoms. The molecule has 0 aliphatic heterocycles. The van der Waals surface area contributed by atoms with Crippen LogP contribution in [0, 0.1) is 0 Å². The Morgan fingerprint density at radius 1 is 0.677 bits per heavy atom. The standard InChI is InChI=1S/C26H23N3P.ClH/c1-20(25-28-24-18-11-19-27-26(24)29-25)30(21-12-5-2-6-13-21,22-14-7-3-8-15-22)23-16-9-4-10-17-23;/h2-20H,1H3,(H,27,28,29);1H/q+1;/p-1. The molecule has 5 aromatic rings. The third-order valence-electron chi connectivity index (χ3n) is 5.74. The normalized spacial score (nSPS) is 12.3. The highest BCUT2D eigenvalue weighted by molar-refractivity contribution is 7.95. The number of halogens is 1. The van der Waals surface area contributed by atoms with Crippen molar-refractivity contribution in [3.8, 4) is 0 Å². The van der Waals surface area contributed by atoms with Crippen molar-refractivity contribution < 1.29 is 12.4 Å². The molecule has 0 saturated heterocycles. The minimum atomic E-state index is -2.04. The minimum absolute atomic E-state index is 0. The Hall–Kier alpha value is -3.00. The zero-order chi connectivity index (χ0) is 20.4. The maximum Gasteiger partial charge on any atom is 0.157 e. The summed E-state index contributed by atoms with van der Waals surface area (Å²) in [5.41, 5.74) is 1.90. The molecule has 0 bridgehead atoms. The summed E-state index contributed by atoms with van der Waals surface area (Å²) >= 11 is 0.